The number of pyridine rings is 1. The third kappa shape index (κ3) is 2.08. The molecule has 0 bridgehead atoms. The van der Waals surface area contributed by atoms with E-state index < -0.39 is 0 Å². The number of aromatic nitrogens is 2. The van der Waals surface area contributed by atoms with Crippen molar-refractivity contribution in [2.24, 2.45) is 4.99 Å². The van der Waals surface area contributed by atoms with Gasteiger partial charge >= 0.3 is 0 Å². The van der Waals surface area contributed by atoms with Gasteiger partial charge in [0, 0.05) is 38.2 Å². The number of imidazole rings is 1. The average molecular weight is 216 g/mol. The highest BCUT2D eigenvalue weighted by Crippen LogP contribution is 2.06. The Morgan fingerprint density at radius 3 is 3.06 bits per heavy atom. The molecule has 0 fully saturated rings. The number of carbonyl (C=O) groups is 1. The maximum atomic E-state index is 11.7. The van der Waals surface area contributed by atoms with E-state index in [2.05, 4.69) is 9.98 Å². The third-order valence-corrected chi connectivity index (χ3v) is 2.05. The second-order valence-corrected chi connectivity index (χ2v) is 3.62. The van der Waals surface area contributed by atoms with Crippen LogP contribution in [0.2, 0.25) is 0 Å². The lowest BCUT2D eigenvalue weighted by atomic mass is 10.2. The highest BCUT2D eigenvalue weighted by Gasteiger charge is 2.04. The zero-order chi connectivity index (χ0) is 11.5. The van der Waals surface area contributed by atoms with Crippen LogP contribution in [0.4, 0.5) is 0 Å². The minimum Gasteiger partial charge on any atom is -0.369 e. The summed E-state index contributed by atoms with van der Waals surface area (Å²) in [7, 11) is 3.63. The minimum absolute atomic E-state index is 0.265. The van der Waals surface area contributed by atoms with Gasteiger partial charge in [-0.05, 0) is 12.1 Å². The molecule has 0 saturated heterocycles. The van der Waals surface area contributed by atoms with Crippen molar-refractivity contribution in [1.82, 2.24) is 14.3 Å². The first kappa shape index (κ1) is 10.4. The van der Waals surface area contributed by atoms with Gasteiger partial charge in [-0.15, -0.1) is 0 Å². The zero-order valence-electron chi connectivity index (χ0n) is 9.16. The number of nitrogens with zero attached hydrogens (tertiary/aromatic N) is 4. The van der Waals surface area contributed by atoms with Gasteiger partial charge in [-0.2, -0.15) is 4.99 Å². The summed E-state index contributed by atoms with van der Waals surface area (Å²) in [6, 6.07) is 3.44. The van der Waals surface area contributed by atoms with E-state index in [1.807, 2.05) is 24.7 Å². The van der Waals surface area contributed by atoms with Crippen LogP contribution in [-0.2, 0) is 0 Å². The van der Waals surface area contributed by atoms with E-state index in [9.17, 15) is 4.79 Å². The molecular weight excluding hydrogens is 204 g/mol. The van der Waals surface area contributed by atoms with Crippen molar-refractivity contribution in [3.63, 3.8) is 0 Å². The van der Waals surface area contributed by atoms with E-state index in [1.165, 1.54) is 6.34 Å². The lowest BCUT2D eigenvalue weighted by molar-refractivity contribution is 0.100. The van der Waals surface area contributed by atoms with E-state index in [0.717, 1.165) is 5.65 Å². The van der Waals surface area contributed by atoms with Crippen LogP contribution < -0.4 is 0 Å². The van der Waals surface area contributed by atoms with Crippen molar-refractivity contribution >= 4 is 17.9 Å². The Labute approximate surface area is 93.0 Å². The van der Waals surface area contributed by atoms with Gasteiger partial charge in [-0.3, -0.25) is 4.79 Å². The SMILES string of the molecule is CN(C)/C=N/C(=O)c1ccn2ccnc2c1. The van der Waals surface area contributed by atoms with Crippen LogP contribution in [0.25, 0.3) is 5.65 Å². The molecule has 0 aliphatic heterocycles. The summed E-state index contributed by atoms with van der Waals surface area (Å²) in [4.78, 5) is 21.3. The maximum Gasteiger partial charge on any atom is 0.278 e. The summed E-state index contributed by atoms with van der Waals surface area (Å²) in [5.41, 5.74) is 1.28. The second kappa shape index (κ2) is 4.14. The van der Waals surface area contributed by atoms with Crippen molar-refractivity contribution < 1.29 is 4.79 Å². The summed E-state index contributed by atoms with van der Waals surface area (Å²) in [5.74, 6) is -0.265. The first-order valence-electron chi connectivity index (χ1n) is 4.84. The molecule has 16 heavy (non-hydrogen) atoms. The molecule has 1 amide bonds. The van der Waals surface area contributed by atoms with Crippen molar-refractivity contribution in [3.05, 3.63) is 36.3 Å². The molecule has 2 aromatic heterocycles. The number of aliphatic imine (C=N–C) groups is 1. The predicted molar refractivity (Wildman–Crippen MR) is 61.7 cm³/mol. The summed E-state index contributed by atoms with van der Waals surface area (Å²) in [6.07, 6.45) is 6.79. The molecule has 0 N–H and O–H groups in total. The van der Waals surface area contributed by atoms with Crippen LogP contribution in [0.1, 0.15) is 10.4 Å². The van der Waals surface area contributed by atoms with Crippen molar-refractivity contribution in [3.8, 4) is 0 Å². The monoisotopic (exact) mass is 216 g/mol. The maximum absolute atomic E-state index is 11.7. The average Bonchev–Trinajstić information content (AvgIpc) is 2.72. The second-order valence-electron chi connectivity index (χ2n) is 3.62. The molecule has 5 nitrogen and oxygen atoms in total. The van der Waals surface area contributed by atoms with E-state index in [1.54, 1.807) is 29.4 Å². The first-order chi connectivity index (χ1) is 7.66. The van der Waals surface area contributed by atoms with Gasteiger partial charge in [-0.1, -0.05) is 0 Å². The molecule has 82 valence electrons. The fraction of sp³-hybridized carbons (Fsp3) is 0.182. The Kier molecular flexibility index (Phi) is 2.68. The molecule has 0 saturated carbocycles. The molecule has 5 heteroatoms. The van der Waals surface area contributed by atoms with Crippen molar-refractivity contribution in [1.29, 1.82) is 0 Å². The minimum atomic E-state index is -0.265. The van der Waals surface area contributed by atoms with E-state index in [4.69, 9.17) is 0 Å². The molecule has 2 heterocycles. The van der Waals surface area contributed by atoms with Gasteiger partial charge in [0.2, 0.25) is 0 Å². The van der Waals surface area contributed by atoms with Crippen LogP contribution in [0.15, 0.2) is 35.7 Å². The lowest BCUT2D eigenvalue weighted by Crippen LogP contribution is -2.09. The Morgan fingerprint density at radius 1 is 1.50 bits per heavy atom. The summed E-state index contributed by atoms with van der Waals surface area (Å²) in [5, 5.41) is 0. The predicted octanol–water partition coefficient (Wildman–Crippen LogP) is 1.06. The molecule has 0 atom stereocenters. The standard InChI is InChI=1S/C11H12N4O/c1-14(2)8-13-11(16)9-3-5-15-6-4-12-10(15)7-9/h3-8H,1-2H3/b13-8+. The number of hydrogen-bond donors (Lipinski definition) is 0. The van der Waals surface area contributed by atoms with Gasteiger partial charge in [0.05, 0.1) is 6.34 Å². The number of hydrogen-bond acceptors (Lipinski definition) is 2. The highest BCUT2D eigenvalue weighted by atomic mass is 16.1. The Balaban J connectivity index is 2.29. The molecule has 0 aliphatic carbocycles. The zero-order valence-corrected chi connectivity index (χ0v) is 9.16. The smallest absolute Gasteiger partial charge is 0.278 e. The molecular formula is C11H12N4O. The Bertz CT molecular complexity index is 542. The van der Waals surface area contributed by atoms with Gasteiger partial charge in [0.15, 0.2) is 0 Å². The molecule has 2 aromatic rings. The Morgan fingerprint density at radius 2 is 2.31 bits per heavy atom. The van der Waals surface area contributed by atoms with Crippen LogP contribution in [0.5, 0.6) is 0 Å². The van der Waals surface area contributed by atoms with Crippen LogP contribution in [0, 0.1) is 0 Å². The quantitative estimate of drug-likeness (QED) is 0.557. The summed E-state index contributed by atoms with van der Waals surface area (Å²) in [6.45, 7) is 0. The van der Waals surface area contributed by atoms with Gasteiger partial charge < -0.3 is 9.30 Å². The highest BCUT2D eigenvalue weighted by molar-refractivity contribution is 5.99. The topological polar surface area (TPSA) is 50.0 Å². The number of carbonyl (C=O) groups excluding carboxylic acids is 1. The molecule has 0 aromatic carbocycles. The molecule has 0 spiro atoms. The fourth-order valence-electron chi connectivity index (χ4n) is 1.29. The third-order valence-electron chi connectivity index (χ3n) is 2.05. The van der Waals surface area contributed by atoms with Crippen molar-refractivity contribution in [2.75, 3.05) is 14.1 Å². The molecule has 0 radical (unpaired) electrons. The number of rotatable bonds is 2. The largest absolute Gasteiger partial charge is 0.369 e. The summed E-state index contributed by atoms with van der Waals surface area (Å²) >= 11 is 0. The van der Waals surface area contributed by atoms with Gasteiger partial charge in [-0.25, -0.2) is 4.98 Å². The normalized spacial score (nSPS) is 11.1. The van der Waals surface area contributed by atoms with E-state index in [-0.39, 0.29) is 5.91 Å². The van der Waals surface area contributed by atoms with Crippen molar-refractivity contribution in [2.45, 2.75) is 0 Å². The number of amides is 1. The van der Waals surface area contributed by atoms with E-state index >= 15 is 0 Å². The van der Waals surface area contributed by atoms with Crippen LogP contribution in [0.3, 0.4) is 0 Å². The van der Waals surface area contributed by atoms with Gasteiger partial charge in [0.1, 0.15) is 5.65 Å². The van der Waals surface area contributed by atoms with Gasteiger partial charge in [0.25, 0.3) is 5.91 Å². The molecule has 0 unspecified atom stereocenters. The summed E-state index contributed by atoms with van der Waals surface area (Å²) < 4.78 is 1.84. The van der Waals surface area contributed by atoms with Crippen LogP contribution >= 0.6 is 0 Å². The fourth-order valence-corrected chi connectivity index (χ4v) is 1.29. The van der Waals surface area contributed by atoms with Crippen LogP contribution in [-0.4, -0.2) is 40.6 Å². The number of fused-ring (bicyclic) bond motifs is 1. The molecule has 0 aliphatic rings. The molecule has 2 rings (SSSR count). The first-order valence-corrected chi connectivity index (χ1v) is 4.84. The van der Waals surface area contributed by atoms with E-state index in [0.29, 0.717) is 5.56 Å². The Hall–Kier alpha value is -2.17. The lowest BCUT2D eigenvalue weighted by Gasteiger charge is -2.01.